The van der Waals surface area contributed by atoms with Crippen LogP contribution in [0.3, 0.4) is 0 Å². The summed E-state index contributed by atoms with van der Waals surface area (Å²) in [7, 11) is 0. The van der Waals surface area contributed by atoms with Crippen molar-refractivity contribution in [3.8, 4) is 5.69 Å². The van der Waals surface area contributed by atoms with Gasteiger partial charge in [-0.15, -0.1) is 0 Å². The molecule has 0 unspecified atom stereocenters. The number of primary amides is 1. The van der Waals surface area contributed by atoms with E-state index in [0.717, 1.165) is 11.3 Å². The summed E-state index contributed by atoms with van der Waals surface area (Å²) in [5.41, 5.74) is 6.88. The molecule has 0 bridgehead atoms. The number of hydrogen-bond acceptors (Lipinski definition) is 3. The summed E-state index contributed by atoms with van der Waals surface area (Å²) in [5, 5.41) is 4.12. The second kappa shape index (κ2) is 6.27. The number of carbonyl (C=O) groups excluding carboxylic acids is 1. The van der Waals surface area contributed by atoms with E-state index in [2.05, 4.69) is 5.10 Å². The molecule has 1 aliphatic rings. The van der Waals surface area contributed by atoms with Gasteiger partial charge in [-0.2, -0.15) is 18.3 Å². The molecule has 1 aliphatic heterocycles. The molecule has 2 atom stereocenters. The zero-order valence-electron chi connectivity index (χ0n) is 12.8. The van der Waals surface area contributed by atoms with Gasteiger partial charge in [0.15, 0.2) is 0 Å². The summed E-state index contributed by atoms with van der Waals surface area (Å²) >= 11 is 0. The SMILES string of the molecule is NC(=O)[C@@H]1CN(Cc2ccc(-n3cccn3)cc2)C[C@H]1C(F)(F)F. The molecule has 0 aliphatic carbocycles. The van der Waals surface area contributed by atoms with Crippen LogP contribution in [0.2, 0.25) is 0 Å². The lowest BCUT2D eigenvalue weighted by molar-refractivity contribution is -0.182. The van der Waals surface area contributed by atoms with Crippen LogP contribution in [0.5, 0.6) is 0 Å². The number of rotatable bonds is 4. The minimum atomic E-state index is -4.42. The zero-order chi connectivity index (χ0) is 17.3. The van der Waals surface area contributed by atoms with Gasteiger partial charge in [-0.05, 0) is 23.8 Å². The summed E-state index contributed by atoms with van der Waals surface area (Å²) < 4.78 is 40.8. The van der Waals surface area contributed by atoms with Crippen molar-refractivity contribution in [3.63, 3.8) is 0 Å². The third-order valence-electron chi connectivity index (χ3n) is 4.29. The number of nitrogens with two attached hydrogens (primary N) is 1. The zero-order valence-corrected chi connectivity index (χ0v) is 12.8. The fourth-order valence-electron chi connectivity index (χ4n) is 3.07. The van der Waals surface area contributed by atoms with E-state index in [0.29, 0.717) is 6.54 Å². The number of carbonyl (C=O) groups is 1. The van der Waals surface area contributed by atoms with E-state index in [-0.39, 0.29) is 13.1 Å². The Balaban J connectivity index is 1.69. The third-order valence-corrected chi connectivity index (χ3v) is 4.29. The van der Waals surface area contributed by atoms with Crippen LogP contribution in [0.25, 0.3) is 5.69 Å². The molecule has 0 saturated carbocycles. The quantitative estimate of drug-likeness (QED) is 0.927. The van der Waals surface area contributed by atoms with E-state index in [9.17, 15) is 18.0 Å². The molecule has 2 aromatic rings. The molecule has 1 fully saturated rings. The molecule has 5 nitrogen and oxygen atoms in total. The lowest BCUT2D eigenvalue weighted by Crippen LogP contribution is -2.37. The maximum absolute atomic E-state index is 13.0. The largest absolute Gasteiger partial charge is 0.393 e. The van der Waals surface area contributed by atoms with Crippen molar-refractivity contribution in [2.45, 2.75) is 12.7 Å². The van der Waals surface area contributed by atoms with Gasteiger partial charge < -0.3 is 5.73 Å². The predicted molar refractivity (Wildman–Crippen MR) is 81.1 cm³/mol. The van der Waals surface area contributed by atoms with Crippen LogP contribution < -0.4 is 5.73 Å². The Morgan fingerprint density at radius 1 is 1.25 bits per heavy atom. The second-order valence-corrected chi connectivity index (χ2v) is 5.97. The fraction of sp³-hybridized carbons (Fsp3) is 0.375. The average molecular weight is 338 g/mol. The Kier molecular flexibility index (Phi) is 4.31. The number of benzene rings is 1. The average Bonchev–Trinajstić information content (AvgIpc) is 3.16. The first-order valence-electron chi connectivity index (χ1n) is 7.52. The van der Waals surface area contributed by atoms with Crippen molar-refractivity contribution < 1.29 is 18.0 Å². The number of halogens is 3. The minimum Gasteiger partial charge on any atom is -0.369 e. The molecule has 0 spiro atoms. The number of aromatic nitrogens is 2. The van der Waals surface area contributed by atoms with Crippen LogP contribution in [0, 0.1) is 11.8 Å². The van der Waals surface area contributed by atoms with Gasteiger partial charge in [0.1, 0.15) is 0 Å². The van der Waals surface area contributed by atoms with Crippen molar-refractivity contribution >= 4 is 5.91 Å². The lowest BCUT2D eigenvalue weighted by Gasteiger charge is -2.18. The highest BCUT2D eigenvalue weighted by molar-refractivity contribution is 5.77. The summed E-state index contributed by atoms with van der Waals surface area (Å²) in [6, 6.07) is 9.20. The summed E-state index contributed by atoms with van der Waals surface area (Å²) in [6.07, 6.45) is -0.946. The van der Waals surface area contributed by atoms with Gasteiger partial charge in [0, 0.05) is 32.0 Å². The van der Waals surface area contributed by atoms with E-state index in [1.165, 1.54) is 0 Å². The third kappa shape index (κ3) is 3.43. The molecule has 2 N–H and O–H groups in total. The molecular weight excluding hydrogens is 321 g/mol. The Bertz CT molecular complexity index is 697. The van der Waals surface area contributed by atoms with Gasteiger partial charge >= 0.3 is 6.18 Å². The Hall–Kier alpha value is -2.35. The topological polar surface area (TPSA) is 64.2 Å². The maximum Gasteiger partial charge on any atom is 0.393 e. The van der Waals surface area contributed by atoms with Gasteiger partial charge in [-0.1, -0.05) is 12.1 Å². The second-order valence-electron chi connectivity index (χ2n) is 5.97. The normalized spacial score (nSPS) is 22.0. The first kappa shape index (κ1) is 16.5. The van der Waals surface area contributed by atoms with Gasteiger partial charge in [0.25, 0.3) is 0 Å². The number of likely N-dealkylation sites (tertiary alicyclic amines) is 1. The molecule has 8 heteroatoms. The molecule has 3 rings (SSSR count). The maximum atomic E-state index is 13.0. The molecule has 0 radical (unpaired) electrons. The van der Waals surface area contributed by atoms with E-state index in [1.54, 1.807) is 28.0 Å². The van der Waals surface area contributed by atoms with E-state index in [1.807, 2.05) is 24.3 Å². The van der Waals surface area contributed by atoms with Gasteiger partial charge in [-0.3, -0.25) is 9.69 Å². The number of nitrogens with zero attached hydrogens (tertiary/aromatic N) is 3. The van der Waals surface area contributed by atoms with E-state index in [4.69, 9.17) is 5.73 Å². The van der Waals surface area contributed by atoms with Crippen molar-refractivity contribution in [1.29, 1.82) is 0 Å². The van der Waals surface area contributed by atoms with Crippen molar-refractivity contribution in [2.24, 2.45) is 17.6 Å². The molecule has 128 valence electrons. The fourth-order valence-corrected chi connectivity index (χ4v) is 3.07. The summed E-state index contributed by atoms with van der Waals surface area (Å²) in [4.78, 5) is 12.9. The van der Waals surface area contributed by atoms with Crippen LogP contribution in [0.1, 0.15) is 5.56 Å². The molecule has 1 aromatic heterocycles. The molecule has 1 saturated heterocycles. The van der Waals surface area contributed by atoms with Crippen LogP contribution in [0.4, 0.5) is 13.2 Å². The Morgan fingerprint density at radius 2 is 1.96 bits per heavy atom. The highest BCUT2D eigenvalue weighted by Gasteiger charge is 2.51. The Morgan fingerprint density at radius 3 is 2.46 bits per heavy atom. The highest BCUT2D eigenvalue weighted by atomic mass is 19.4. The first-order chi connectivity index (χ1) is 11.3. The van der Waals surface area contributed by atoms with Crippen LogP contribution in [0.15, 0.2) is 42.7 Å². The van der Waals surface area contributed by atoms with Crippen LogP contribution in [-0.2, 0) is 11.3 Å². The molecule has 2 heterocycles. The highest BCUT2D eigenvalue weighted by Crippen LogP contribution is 2.37. The minimum absolute atomic E-state index is 0.0282. The Labute approximate surface area is 136 Å². The van der Waals surface area contributed by atoms with Crippen LogP contribution >= 0.6 is 0 Å². The monoisotopic (exact) mass is 338 g/mol. The lowest BCUT2D eigenvalue weighted by atomic mass is 9.95. The smallest absolute Gasteiger partial charge is 0.369 e. The number of hydrogen-bond donors (Lipinski definition) is 1. The van der Waals surface area contributed by atoms with Crippen LogP contribution in [-0.4, -0.2) is 39.9 Å². The first-order valence-corrected chi connectivity index (χ1v) is 7.52. The van der Waals surface area contributed by atoms with Gasteiger partial charge in [0.05, 0.1) is 17.5 Å². The molecule has 1 aromatic carbocycles. The standard InChI is InChI=1S/C16H17F3N4O/c17-16(18,19)14-10-22(9-13(14)15(20)24)8-11-2-4-12(5-3-11)23-7-1-6-21-23/h1-7,13-14H,8-10H2,(H2,20,24)/t13-,14-/m1/s1. The predicted octanol–water partition coefficient (Wildman–Crippen LogP) is 1.97. The van der Waals surface area contributed by atoms with E-state index >= 15 is 0 Å². The van der Waals surface area contributed by atoms with Gasteiger partial charge in [0.2, 0.25) is 5.91 Å². The van der Waals surface area contributed by atoms with Crippen molar-refractivity contribution in [1.82, 2.24) is 14.7 Å². The molecular formula is C16H17F3N4O. The molecule has 24 heavy (non-hydrogen) atoms. The van der Waals surface area contributed by atoms with Crippen molar-refractivity contribution in [2.75, 3.05) is 13.1 Å². The number of amides is 1. The van der Waals surface area contributed by atoms with E-state index < -0.39 is 23.9 Å². The van der Waals surface area contributed by atoms with Crippen molar-refractivity contribution in [3.05, 3.63) is 48.3 Å². The molecule has 1 amide bonds. The number of alkyl halides is 3. The summed E-state index contributed by atoms with van der Waals surface area (Å²) in [6.45, 7) is 0.161. The summed E-state index contributed by atoms with van der Waals surface area (Å²) in [5.74, 6) is -3.78. The van der Waals surface area contributed by atoms with Gasteiger partial charge in [-0.25, -0.2) is 4.68 Å².